The van der Waals surface area contributed by atoms with Crippen molar-refractivity contribution in [1.29, 1.82) is 0 Å². The molecular weight excluding hydrogens is 405 g/mol. The molecule has 2 aromatic carbocycles. The molecule has 0 bridgehead atoms. The van der Waals surface area contributed by atoms with E-state index in [1.54, 1.807) is 6.07 Å². The zero-order valence-corrected chi connectivity index (χ0v) is 19.3. The smallest absolute Gasteiger partial charge is 0.185 e. The third-order valence-electron chi connectivity index (χ3n) is 6.25. The predicted octanol–water partition coefficient (Wildman–Crippen LogP) is 5.47. The Labute approximate surface area is 189 Å². The van der Waals surface area contributed by atoms with Crippen LogP contribution in [0.4, 0.5) is 10.1 Å². The summed E-state index contributed by atoms with van der Waals surface area (Å²) in [7, 11) is 0. The molecule has 4 rings (SSSR count). The lowest BCUT2D eigenvalue weighted by molar-refractivity contribution is 0.0979. The molecular formula is C26H32FN3O2. The van der Waals surface area contributed by atoms with E-state index in [4.69, 9.17) is 4.74 Å². The number of rotatable bonds is 8. The molecule has 5 nitrogen and oxygen atoms in total. The number of ether oxygens (including phenoxy) is 1. The average Bonchev–Trinajstić information content (AvgIpc) is 3.29. The second-order valence-corrected chi connectivity index (χ2v) is 9.43. The van der Waals surface area contributed by atoms with Crippen molar-refractivity contribution in [1.82, 2.24) is 5.43 Å². The van der Waals surface area contributed by atoms with Crippen LogP contribution in [0.25, 0.3) is 0 Å². The summed E-state index contributed by atoms with van der Waals surface area (Å²) >= 11 is 0. The Kier molecular flexibility index (Phi) is 6.33. The first-order valence-electron chi connectivity index (χ1n) is 11.4. The Bertz CT molecular complexity index is 1060. The quantitative estimate of drug-likeness (QED) is 0.538. The topological polar surface area (TPSA) is 62.7 Å². The highest BCUT2D eigenvalue weighted by atomic mass is 19.1. The van der Waals surface area contributed by atoms with Crippen LogP contribution in [0.2, 0.25) is 0 Å². The molecule has 32 heavy (non-hydrogen) atoms. The van der Waals surface area contributed by atoms with Gasteiger partial charge < -0.3 is 10.2 Å². The average molecular weight is 438 g/mol. The number of benzene rings is 2. The van der Waals surface area contributed by atoms with Crippen LogP contribution in [0.15, 0.2) is 35.3 Å². The molecule has 2 aliphatic heterocycles. The van der Waals surface area contributed by atoms with Crippen molar-refractivity contribution >= 4 is 17.4 Å². The van der Waals surface area contributed by atoms with Crippen LogP contribution < -0.4 is 10.9 Å². The number of nitrogens with zero attached hydrogens (tertiary/aromatic N) is 1. The summed E-state index contributed by atoms with van der Waals surface area (Å²) in [4.78, 5) is 17.7. The van der Waals surface area contributed by atoms with Gasteiger partial charge in [0.2, 0.25) is 0 Å². The number of Topliss-reactive ketones (excluding diaryl/α,β-unsaturated/α-hetero) is 1. The molecule has 0 saturated carbocycles. The van der Waals surface area contributed by atoms with E-state index < -0.39 is 0 Å². The molecule has 170 valence electrons. The summed E-state index contributed by atoms with van der Waals surface area (Å²) in [6.07, 6.45) is 3.34. The van der Waals surface area contributed by atoms with E-state index in [-0.39, 0.29) is 23.2 Å². The normalized spacial score (nSPS) is 18.7. The number of carbonyl (C=O) groups is 1. The predicted molar refractivity (Wildman–Crippen MR) is 126 cm³/mol. The van der Waals surface area contributed by atoms with Crippen LogP contribution in [-0.2, 0) is 17.6 Å². The Morgan fingerprint density at radius 2 is 2.06 bits per heavy atom. The number of halogens is 1. The third-order valence-corrected chi connectivity index (χ3v) is 6.25. The van der Waals surface area contributed by atoms with Crippen LogP contribution in [-0.4, -0.2) is 23.8 Å². The fourth-order valence-electron chi connectivity index (χ4n) is 4.51. The van der Waals surface area contributed by atoms with E-state index in [2.05, 4.69) is 36.6 Å². The maximum atomic E-state index is 13.6. The van der Waals surface area contributed by atoms with Crippen LogP contribution >= 0.6 is 0 Å². The van der Waals surface area contributed by atoms with Crippen molar-refractivity contribution in [3.05, 3.63) is 64.0 Å². The summed E-state index contributed by atoms with van der Waals surface area (Å²) < 4.78 is 19.4. The molecule has 2 aromatic rings. The first-order chi connectivity index (χ1) is 15.3. The summed E-state index contributed by atoms with van der Waals surface area (Å²) in [6.45, 7) is 8.75. The fraction of sp³-hybridized carbons (Fsp3) is 0.462. The number of hydrogen-bond donors (Lipinski definition) is 2. The van der Waals surface area contributed by atoms with E-state index in [0.29, 0.717) is 32.3 Å². The van der Waals surface area contributed by atoms with E-state index >= 15 is 0 Å². The molecule has 2 heterocycles. The van der Waals surface area contributed by atoms with Gasteiger partial charge in [0.05, 0.1) is 17.3 Å². The largest absolute Gasteiger partial charge is 0.478 e. The maximum absolute atomic E-state index is 13.6. The van der Waals surface area contributed by atoms with Gasteiger partial charge in [-0.25, -0.2) is 14.8 Å². The molecule has 1 atom stereocenters. The minimum atomic E-state index is -0.219. The zero-order valence-electron chi connectivity index (χ0n) is 19.3. The minimum absolute atomic E-state index is 0.00389. The van der Waals surface area contributed by atoms with E-state index in [1.807, 2.05) is 25.1 Å². The van der Waals surface area contributed by atoms with Gasteiger partial charge >= 0.3 is 0 Å². The molecule has 2 N–H and O–H groups in total. The Hall–Kier alpha value is -2.73. The number of fused-ring (bicyclic) bond motifs is 1. The van der Waals surface area contributed by atoms with Crippen molar-refractivity contribution in [2.45, 2.75) is 71.4 Å². The van der Waals surface area contributed by atoms with Crippen LogP contribution in [0.1, 0.15) is 78.7 Å². The van der Waals surface area contributed by atoms with Crippen molar-refractivity contribution in [2.24, 2.45) is 4.99 Å². The van der Waals surface area contributed by atoms with Crippen molar-refractivity contribution in [3.63, 3.8) is 0 Å². The molecule has 0 spiro atoms. The summed E-state index contributed by atoms with van der Waals surface area (Å²) in [6, 6.07) is 8.98. The highest BCUT2D eigenvalue weighted by Gasteiger charge is 2.31. The second-order valence-electron chi connectivity index (χ2n) is 9.43. The number of ketones is 1. The van der Waals surface area contributed by atoms with Crippen LogP contribution in [0.3, 0.4) is 0 Å². The van der Waals surface area contributed by atoms with Gasteiger partial charge in [0.1, 0.15) is 12.4 Å². The molecule has 6 heteroatoms. The zero-order chi connectivity index (χ0) is 22.9. The Balaban J connectivity index is 1.44. The highest BCUT2D eigenvalue weighted by molar-refractivity contribution is 5.98. The maximum Gasteiger partial charge on any atom is 0.185 e. The van der Waals surface area contributed by atoms with Crippen LogP contribution in [0, 0.1) is 12.7 Å². The van der Waals surface area contributed by atoms with Crippen molar-refractivity contribution < 1.29 is 13.9 Å². The highest BCUT2D eigenvalue weighted by Crippen LogP contribution is 2.35. The second kappa shape index (κ2) is 9.02. The number of anilines is 1. The molecule has 0 amide bonds. The first kappa shape index (κ1) is 22.5. The van der Waals surface area contributed by atoms with Crippen molar-refractivity contribution in [2.75, 3.05) is 12.0 Å². The lowest BCUT2D eigenvalue weighted by Gasteiger charge is -2.13. The SMILES string of the molecule is CCc1ccc(F)cc1CCCC(=O)c1cc2c(cc1C)NNC2CC1=NC(C)(C)CO1. The monoisotopic (exact) mass is 437 g/mol. The van der Waals surface area contributed by atoms with Gasteiger partial charge in [-0.15, -0.1) is 0 Å². The van der Waals surface area contributed by atoms with Gasteiger partial charge in [0.25, 0.3) is 0 Å². The molecule has 0 aromatic heterocycles. The lowest BCUT2D eigenvalue weighted by atomic mass is 9.93. The molecule has 0 saturated heterocycles. The molecule has 0 radical (unpaired) electrons. The third kappa shape index (κ3) is 4.85. The number of hydrazine groups is 1. The molecule has 2 aliphatic rings. The van der Waals surface area contributed by atoms with Gasteiger partial charge in [0.15, 0.2) is 11.7 Å². The van der Waals surface area contributed by atoms with Gasteiger partial charge in [0, 0.05) is 18.4 Å². The van der Waals surface area contributed by atoms with Gasteiger partial charge in [-0.2, -0.15) is 0 Å². The summed E-state index contributed by atoms with van der Waals surface area (Å²) in [5.74, 6) is 0.654. The molecule has 1 unspecified atom stereocenters. The molecule has 0 fully saturated rings. The number of aryl methyl sites for hydroxylation is 3. The van der Waals surface area contributed by atoms with Gasteiger partial charge in [-0.3, -0.25) is 4.79 Å². The number of aliphatic imine (C=N–C) groups is 1. The van der Waals surface area contributed by atoms with Crippen LogP contribution in [0.5, 0.6) is 0 Å². The summed E-state index contributed by atoms with van der Waals surface area (Å²) in [5, 5.41) is 0. The lowest BCUT2D eigenvalue weighted by Crippen LogP contribution is -2.21. The van der Waals surface area contributed by atoms with Crippen molar-refractivity contribution in [3.8, 4) is 0 Å². The molecule has 0 aliphatic carbocycles. The fourth-order valence-corrected chi connectivity index (χ4v) is 4.51. The van der Waals surface area contributed by atoms with E-state index in [0.717, 1.165) is 45.8 Å². The van der Waals surface area contributed by atoms with Gasteiger partial charge in [-0.05, 0) is 86.6 Å². The minimum Gasteiger partial charge on any atom is -0.478 e. The van der Waals surface area contributed by atoms with E-state index in [9.17, 15) is 9.18 Å². The summed E-state index contributed by atoms with van der Waals surface area (Å²) in [5.41, 5.74) is 12.3. The Morgan fingerprint density at radius 1 is 1.25 bits per heavy atom. The van der Waals surface area contributed by atoms with E-state index in [1.165, 1.54) is 6.07 Å². The number of nitrogens with one attached hydrogen (secondary N) is 2. The Morgan fingerprint density at radius 3 is 2.78 bits per heavy atom. The van der Waals surface area contributed by atoms with Gasteiger partial charge in [-0.1, -0.05) is 13.0 Å². The number of hydrogen-bond acceptors (Lipinski definition) is 5. The number of carbonyl (C=O) groups excluding carboxylic acids is 1. The standard InChI is InChI=1S/C26H32FN3O2/c1-5-17-9-10-19(27)12-18(17)7-6-8-24(31)20-13-21-22(11-16(20)2)29-30-23(21)14-25-28-26(3,4)15-32-25/h9-13,23,29-30H,5-8,14-15H2,1-4H3. The first-order valence-corrected chi connectivity index (χ1v) is 11.4.